The lowest BCUT2D eigenvalue weighted by molar-refractivity contribution is -0.113. The van der Waals surface area contributed by atoms with Gasteiger partial charge in [0.1, 0.15) is 0 Å². The van der Waals surface area contributed by atoms with Gasteiger partial charge in [-0.2, -0.15) is 0 Å². The number of anilines is 2. The van der Waals surface area contributed by atoms with Gasteiger partial charge in [-0.05, 0) is 49.9 Å². The quantitative estimate of drug-likeness (QED) is 0.763. The van der Waals surface area contributed by atoms with Gasteiger partial charge in [0.05, 0.1) is 11.4 Å². The van der Waals surface area contributed by atoms with Crippen LogP contribution >= 0.6 is 11.8 Å². The van der Waals surface area contributed by atoms with Gasteiger partial charge in [0.25, 0.3) is 0 Å². The molecule has 0 saturated carbocycles. The minimum absolute atomic E-state index is 0.0323. The molecule has 1 fully saturated rings. The van der Waals surface area contributed by atoms with E-state index < -0.39 is 0 Å². The minimum atomic E-state index is -0.0323. The van der Waals surface area contributed by atoms with Crippen molar-refractivity contribution in [2.75, 3.05) is 35.7 Å². The fourth-order valence-electron chi connectivity index (χ4n) is 3.04. The molecule has 1 aromatic heterocycles. The zero-order valence-corrected chi connectivity index (χ0v) is 15.8. The SMILES string of the molecule is Cc1ccc(SCC(=O)Nc2cccnc2N2CCC(CO)CC2)cc1. The summed E-state index contributed by atoms with van der Waals surface area (Å²) in [4.78, 5) is 20.1. The molecule has 2 heterocycles. The lowest BCUT2D eigenvalue weighted by Gasteiger charge is -2.33. The maximum Gasteiger partial charge on any atom is 0.234 e. The van der Waals surface area contributed by atoms with Crippen LogP contribution in [-0.4, -0.2) is 41.4 Å². The zero-order chi connectivity index (χ0) is 18.4. The molecule has 5 nitrogen and oxygen atoms in total. The van der Waals surface area contributed by atoms with Crippen LogP contribution in [0.4, 0.5) is 11.5 Å². The largest absolute Gasteiger partial charge is 0.396 e. The molecule has 0 atom stereocenters. The van der Waals surface area contributed by atoms with Crippen LogP contribution in [-0.2, 0) is 4.79 Å². The van der Waals surface area contributed by atoms with Crippen molar-refractivity contribution in [3.05, 3.63) is 48.2 Å². The van der Waals surface area contributed by atoms with Crippen LogP contribution in [0.1, 0.15) is 18.4 Å². The van der Waals surface area contributed by atoms with E-state index in [9.17, 15) is 9.90 Å². The summed E-state index contributed by atoms with van der Waals surface area (Å²) in [5, 5.41) is 12.3. The number of nitrogens with zero attached hydrogens (tertiary/aromatic N) is 2. The van der Waals surface area contributed by atoms with E-state index >= 15 is 0 Å². The summed E-state index contributed by atoms with van der Waals surface area (Å²) in [6, 6.07) is 11.9. The van der Waals surface area contributed by atoms with E-state index in [-0.39, 0.29) is 12.5 Å². The summed E-state index contributed by atoms with van der Waals surface area (Å²) in [7, 11) is 0. The Morgan fingerprint density at radius 3 is 2.69 bits per heavy atom. The number of rotatable bonds is 6. The van der Waals surface area contributed by atoms with E-state index in [4.69, 9.17) is 0 Å². The first-order chi connectivity index (χ1) is 12.7. The first-order valence-corrected chi connectivity index (χ1v) is 9.94. The van der Waals surface area contributed by atoms with E-state index in [1.807, 2.05) is 24.3 Å². The maximum absolute atomic E-state index is 12.4. The second kappa shape index (κ2) is 9.05. The Kier molecular flexibility index (Phi) is 6.52. The number of aliphatic hydroxyl groups excluding tert-OH is 1. The van der Waals surface area contributed by atoms with Gasteiger partial charge in [0, 0.05) is 30.8 Å². The molecule has 26 heavy (non-hydrogen) atoms. The molecular formula is C20H25N3O2S. The number of piperidine rings is 1. The van der Waals surface area contributed by atoms with Crippen LogP contribution in [0.3, 0.4) is 0 Å². The lowest BCUT2D eigenvalue weighted by Crippen LogP contribution is -2.36. The monoisotopic (exact) mass is 371 g/mol. The molecule has 138 valence electrons. The van der Waals surface area contributed by atoms with Gasteiger partial charge in [0.2, 0.25) is 5.91 Å². The summed E-state index contributed by atoms with van der Waals surface area (Å²) < 4.78 is 0. The number of pyridine rings is 1. The highest BCUT2D eigenvalue weighted by molar-refractivity contribution is 8.00. The summed E-state index contributed by atoms with van der Waals surface area (Å²) in [6.07, 6.45) is 3.65. The highest BCUT2D eigenvalue weighted by atomic mass is 32.2. The van der Waals surface area contributed by atoms with Crippen LogP contribution in [0.15, 0.2) is 47.5 Å². The van der Waals surface area contributed by atoms with E-state index in [0.717, 1.165) is 42.3 Å². The number of amides is 1. The minimum Gasteiger partial charge on any atom is -0.396 e. The summed E-state index contributed by atoms with van der Waals surface area (Å²) in [5.41, 5.74) is 1.97. The molecule has 6 heteroatoms. The molecular weight excluding hydrogens is 346 g/mol. The van der Waals surface area contributed by atoms with Crippen molar-refractivity contribution >= 4 is 29.2 Å². The van der Waals surface area contributed by atoms with Crippen LogP contribution in [0.2, 0.25) is 0 Å². The Hall–Kier alpha value is -2.05. The fourth-order valence-corrected chi connectivity index (χ4v) is 3.74. The van der Waals surface area contributed by atoms with Crippen molar-refractivity contribution in [3.63, 3.8) is 0 Å². The van der Waals surface area contributed by atoms with Gasteiger partial charge in [0.15, 0.2) is 5.82 Å². The molecule has 0 aliphatic carbocycles. The van der Waals surface area contributed by atoms with E-state index in [1.54, 1.807) is 6.20 Å². The summed E-state index contributed by atoms with van der Waals surface area (Å²) >= 11 is 1.53. The number of carbonyl (C=O) groups excluding carboxylic acids is 1. The number of aliphatic hydroxyl groups is 1. The van der Waals surface area contributed by atoms with Gasteiger partial charge in [-0.3, -0.25) is 4.79 Å². The molecule has 0 spiro atoms. The van der Waals surface area contributed by atoms with Crippen molar-refractivity contribution < 1.29 is 9.90 Å². The Labute approximate surface area is 158 Å². The third-order valence-corrected chi connectivity index (χ3v) is 5.64. The van der Waals surface area contributed by atoms with E-state index in [1.165, 1.54) is 17.3 Å². The molecule has 1 aliphatic rings. The van der Waals surface area contributed by atoms with E-state index in [0.29, 0.717) is 11.7 Å². The third kappa shape index (κ3) is 4.99. The Bertz CT molecular complexity index is 728. The smallest absolute Gasteiger partial charge is 0.234 e. The van der Waals surface area contributed by atoms with Crippen molar-refractivity contribution in [2.45, 2.75) is 24.7 Å². The molecule has 1 aliphatic heterocycles. The number of nitrogens with one attached hydrogen (secondary N) is 1. The zero-order valence-electron chi connectivity index (χ0n) is 15.0. The fraction of sp³-hybridized carbons (Fsp3) is 0.400. The van der Waals surface area contributed by atoms with Crippen molar-refractivity contribution in [1.29, 1.82) is 0 Å². The Balaban J connectivity index is 1.59. The summed E-state index contributed by atoms with van der Waals surface area (Å²) in [5.74, 6) is 1.52. The number of hydrogen-bond acceptors (Lipinski definition) is 5. The molecule has 0 unspecified atom stereocenters. The first kappa shape index (κ1) is 18.7. The number of thioether (sulfide) groups is 1. The Morgan fingerprint density at radius 1 is 1.27 bits per heavy atom. The molecule has 2 aromatic rings. The number of hydrogen-bond donors (Lipinski definition) is 2. The molecule has 3 rings (SSSR count). The maximum atomic E-state index is 12.4. The number of aryl methyl sites for hydroxylation is 1. The second-order valence-electron chi connectivity index (χ2n) is 6.64. The lowest BCUT2D eigenvalue weighted by atomic mass is 9.98. The van der Waals surface area contributed by atoms with Gasteiger partial charge < -0.3 is 15.3 Å². The first-order valence-electron chi connectivity index (χ1n) is 8.96. The normalized spacial score (nSPS) is 15.1. The highest BCUT2D eigenvalue weighted by Gasteiger charge is 2.21. The van der Waals surface area contributed by atoms with Crippen molar-refractivity contribution in [1.82, 2.24) is 4.98 Å². The molecule has 1 amide bonds. The van der Waals surface area contributed by atoms with Crippen molar-refractivity contribution in [2.24, 2.45) is 5.92 Å². The average Bonchev–Trinajstić information content (AvgIpc) is 2.68. The predicted molar refractivity (Wildman–Crippen MR) is 107 cm³/mol. The standard InChI is InChI=1S/C20H25N3O2S/c1-15-4-6-17(7-5-15)26-14-19(25)22-18-3-2-10-21-20(18)23-11-8-16(13-24)9-12-23/h2-7,10,16,24H,8-9,11-14H2,1H3,(H,22,25). The summed E-state index contributed by atoms with van der Waals surface area (Å²) in [6.45, 7) is 4.00. The van der Waals surface area contributed by atoms with Crippen LogP contribution in [0, 0.1) is 12.8 Å². The van der Waals surface area contributed by atoms with Crippen LogP contribution in [0.5, 0.6) is 0 Å². The number of carbonyl (C=O) groups is 1. The number of aromatic nitrogens is 1. The van der Waals surface area contributed by atoms with Gasteiger partial charge in [-0.1, -0.05) is 17.7 Å². The topological polar surface area (TPSA) is 65.5 Å². The highest BCUT2D eigenvalue weighted by Crippen LogP contribution is 2.28. The number of benzene rings is 1. The van der Waals surface area contributed by atoms with Crippen molar-refractivity contribution in [3.8, 4) is 0 Å². The van der Waals surface area contributed by atoms with Crippen LogP contribution < -0.4 is 10.2 Å². The van der Waals surface area contributed by atoms with Gasteiger partial charge >= 0.3 is 0 Å². The predicted octanol–water partition coefficient (Wildman–Crippen LogP) is 3.33. The molecule has 1 aromatic carbocycles. The average molecular weight is 372 g/mol. The third-order valence-electron chi connectivity index (χ3n) is 4.62. The Morgan fingerprint density at radius 2 is 2.00 bits per heavy atom. The van der Waals surface area contributed by atoms with E-state index in [2.05, 4.69) is 34.3 Å². The second-order valence-corrected chi connectivity index (χ2v) is 7.69. The molecule has 0 bridgehead atoms. The molecule has 2 N–H and O–H groups in total. The molecule has 0 radical (unpaired) electrons. The van der Waals surface area contributed by atoms with Crippen LogP contribution in [0.25, 0.3) is 0 Å². The molecule has 1 saturated heterocycles. The van der Waals surface area contributed by atoms with Gasteiger partial charge in [-0.25, -0.2) is 4.98 Å². The van der Waals surface area contributed by atoms with Gasteiger partial charge in [-0.15, -0.1) is 11.8 Å².